The molecule has 0 aromatic rings. The van der Waals surface area contributed by atoms with Gasteiger partial charge < -0.3 is 18.9 Å². The van der Waals surface area contributed by atoms with Crippen LogP contribution in [-0.2, 0) is 18.9 Å². The van der Waals surface area contributed by atoms with Crippen molar-refractivity contribution in [2.45, 2.75) is 0 Å². The third-order valence-electron chi connectivity index (χ3n) is 1.82. The fraction of sp³-hybridized carbons (Fsp3) is 0.636. The van der Waals surface area contributed by atoms with E-state index >= 15 is 0 Å². The number of rotatable bonds is 8. The second-order valence-corrected chi connectivity index (χ2v) is 3.18. The molecule has 0 radical (unpaired) electrons. The second kappa shape index (κ2) is 7.99. The standard InChI is InChI=1S/C11H16O4/c1-5-14-9-11(7-12-3,8-13-4)10-15-6-2/h1-2H,7-10H2,3-4H3. The van der Waals surface area contributed by atoms with Gasteiger partial charge in [0.2, 0.25) is 0 Å². The molecule has 84 valence electrons. The quantitative estimate of drug-likeness (QED) is 0.548. The molecule has 4 heteroatoms. The van der Waals surface area contributed by atoms with Crippen molar-refractivity contribution in [3.8, 4) is 25.1 Å². The van der Waals surface area contributed by atoms with Crippen molar-refractivity contribution in [2.24, 2.45) is 5.41 Å². The molecule has 0 aliphatic heterocycles. The minimum Gasteiger partial charge on any atom is -0.446 e. The van der Waals surface area contributed by atoms with Gasteiger partial charge in [0, 0.05) is 14.2 Å². The number of terminal acetylenes is 2. The zero-order chi connectivity index (χ0) is 11.6. The molecular weight excluding hydrogens is 196 g/mol. The fourth-order valence-corrected chi connectivity index (χ4v) is 1.25. The van der Waals surface area contributed by atoms with Gasteiger partial charge in [0.15, 0.2) is 0 Å². The number of hydrogen-bond acceptors (Lipinski definition) is 4. The molecule has 15 heavy (non-hydrogen) atoms. The van der Waals surface area contributed by atoms with Crippen LogP contribution in [0, 0.1) is 30.5 Å². The lowest BCUT2D eigenvalue weighted by atomic mass is 9.92. The van der Waals surface area contributed by atoms with Crippen molar-refractivity contribution in [3.63, 3.8) is 0 Å². The molecule has 0 spiro atoms. The fourth-order valence-electron chi connectivity index (χ4n) is 1.25. The van der Waals surface area contributed by atoms with Gasteiger partial charge in [0.05, 0.1) is 18.6 Å². The van der Waals surface area contributed by atoms with Crippen molar-refractivity contribution >= 4 is 0 Å². The van der Waals surface area contributed by atoms with Crippen molar-refractivity contribution in [3.05, 3.63) is 0 Å². The Kier molecular flexibility index (Phi) is 7.27. The Labute approximate surface area is 90.8 Å². The average molecular weight is 212 g/mol. The molecule has 0 amide bonds. The van der Waals surface area contributed by atoms with E-state index < -0.39 is 5.41 Å². The molecule has 0 aromatic heterocycles. The lowest BCUT2D eigenvalue weighted by Crippen LogP contribution is -2.40. The molecule has 0 rings (SSSR count). The number of ether oxygens (including phenoxy) is 4. The highest BCUT2D eigenvalue weighted by Crippen LogP contribution is 2.19. The molecule has 0 atom stereocenters. The van der Waals surface area contributed by atoms with Crippen LogP contribution < -0.4 is 0 Å². The number of hydrogen-bond donors (Lipinski definition) is 0. The Bertz CT molecular complexity index is 210. The van der Waals surface area contributed by atoms with Crippen LogP contribution in [0.3, 0.4) is 0 Å². The molecule has 0 N–H and O–H groups in total. The van der Waals surface area contributed by atoms with Crippen LogP contribution in [0.2, 0.25) is 0 Å². The third kappa shape index (κ3) is 5.17. The minimum absolute atomic E-state index is 0.271. The summed E-state index contributed by atoms with van der Waals surface area (Å²) in [7, 11) is 3.16. The van der Waals surface area contributed by atoms with Gasteiger partial charge in [-0.2, -0.15) is 0 Å². The van der Waals surface area contributed by atoms with E-state index in [2.05, 4.69) is 12.2 Å². The topological polar surface area (TPSA) is 36.9 Å². The highest BCUT2D eigenvalue weighted by atomic mass is 16.5. The van der Waals surface area contributed by atoms with Crippen LogP contribution in [0.25, 0.3) is 0 Å². The van der Waals surface area contributed by atoms with E-state index in [4.69, 9.17) is 31.8 Å². The van der Waals surface area contributed by atoms with Crippen molar-refractivity contribution in [1.29, 1.82) is 0 Å². The summed E-state index contributed by atoms with van der Waals surface area (Å²) >= 11 is 0. The van der Waals surface area contributed by atoms with Crippen LogP contribution in [-0.4, -0.2) is 40.6 Å². The molecule has 0 heterocycles. The average Bonchev–Trinajstić information content (AvgIpc) is 2.24. The van der Waals surface area contributed by atoms with Crippen LogP contribution >= 0.6 is 0 Å². The Morgan fingerprint density at radius 2 is 1.27 bits per heavy atom. The SMILES string of the molecule is C#COCC(COC)(COC)COC#C. The van der Waals surface area contributed by atoms with Gasteiger partial charge in [0.25, 0.3) is 0 Å². The van der Waals surface area contributed by atoms with E-state index in [0.717, 1.165) is 0 Å². The van der Waals surface area contributed by atoms with Gasteiger partial charge in [0.1, 0.15) is 25.4 Å². The lowest BCUT2D eigenvalue weighted by molar-refractivity contribution is -0.0564. The van der Waals surface area contributed by atoms with Gasteiger partial charge >= 0.3 is 0 Å². The van der Waals surface area contributed by atoms with E-state index in [1.807, 2.05) is 0 Å². The first-order valence-electron chi connectivity index (χ1n) is 4.37. The maximum Gasteiger partial charge on any atom is 0.113 e. The van der Waals surface area contributed by atoms with E-state index in [1.54, 1.807) is 14.2 Å². The molecule has 0 aliphatic rings. The highest BCUT2D eigenvalue weighted by Gasteiger charge is 2.32. The van der Waals surface area contributed by atoms with Gasteiger partial charge in [-0.05, 0) is 0 Å². The molecule has 0 saturated carbocycles. The van der Waals surface area contributed by atoms with E-state index in [0.29, 0.717) is 13.2 Å². The summed E-state index contributed by atoms with van der Waals surface area (Å²) < 4.78 is 20.0. The van der Waals surface area contributed by atoms with Gasteiger partial charge in [-0.15, -0.1) is 0 Å². The monoisotopic (exact) mass is 212 g/mol. The highest BCUT2D eigenvalue weighted by molar-refractivity contribution is 4.84. The third-order valence-corrected chi connectivity index (χ3v) is 1.82. The predicted molar refractivity (Wildman–Crippen MR) is 55.8 cm³/mol. The summed E-state index contributed by atoms with van der Waals surface area (Å²) in [5.41, 5.74) is -0.470. The van der Waals surface area contributed by atoms with Crippen LogP contribution in [0.15, 0.2) is 0 Å². The zero-order valence-electron chi connectivity index (χ0n) is 9.12. The van der Waals surface area contributed by atoms with Gasteiger partial charge in [-0.25, -0.2) is 0 Å². The Hall–Kier alpha value is -1.36. The van der Waals surface area contributed by atoms with Crippen LogP contribution in [0.1, 0.15) is 0 Å². The molecule has 0 unspecified atom stereocenters. The maximum absolute atomic E-state index is 5.08. The zero-order valence-corrected chi connectivity index (χ0v) is 9.12. The lowest BCUT2D eigenvalue weighted by Gasteiger charge is -2.29. The minimum atomic E-state index is -0.470. The first kappa shape index (κ1) is 13.6. The molecule has 0 bridgehead atoms. The predicted octanol–water partition coefficient (Wildman–Crippen LogP) is 0.480. The van der Waals surface area contributed by atoms with Crippen molar-refractivity contribution < 1.29 is 18.9 Å². The Balaban J connectivity index is 4.42. The number of methoxy groups -OCH3 is 2. The molecule has 0 fully saturated rings. The second-order valence-electron chi connectivity index (χ2n) is 3.18. The molecule has 0 saturated heterocycles. The smallest absolute Gasteiger partial charge is 0.113 e. The van der Waals surface area contributed by atoms with E-state index in [1.165, 1.54) is 0 Å². The van der Waals surface area contributed by atoms with Crippen molar-refractivity contribution in [2.75, 3.05) is 40.6 Å². The molecule has 4 nitrogen and oxygen atoms in total. The van der Waals surface area contributed by atoms with Crippen LogP contribution in [0.5, 0.6) is 0 Å². The van der Waals surface area contributed by atoms with E-state index in [9.17, 15) is 0 Å². The first-order valence-corrected chi connectivity index (χ1v) is 4.37. The summed E-state index contributed by atoms with van der Waals surface area (Å²) in [6.45, 7) is 1.33. The first-order chi connectivity index (χ1) is 7.24. The molecular formula is C11H16O4. The van der Waals surface area contributed by atoms with Crippen molar-refractivity contribution in [1.82, 2.24) is 0 Å². The summed E-state index contributed by atoms with van der Waals surface area (Å²) in [6, 6.07) is 0. The molecule has 0 aliphatic carbocycles. The van der Waals surface area contributed by atoms with Gasteiger partial charge in [-0.3, -0.25) is 0 Å². The maximum atomic E-state index is 5.08. The summed E-state index contributed by atoms with van der Waals surface area (Å²) in [4.78, 5) is 0. The molecule has 0 aromatic carbocycles. The largest absolute Gasteiger partial charge is 0.446 e. The van der Waals surface area contributed by atoms with E-state index in [-0.39, 0.29) is 13.2 Å². The Morgan fingerprint density at radius 1 is 0.867 bits per heavy atom. The van der Waals surface area contributed by atoms with Crippen LogP contribution in [0.4, 0.5) is 0 Å². The summed E-state index contributed by atoms with van der Waals surface area (Å²) in [6.07, 6.45) is 14.2. The van der Waals surface area contributed by atoms with Gasteiger partial charge in [-0.1, -0.05) is 12.8 Å². The summed E-state index contributed by atoms with van der Waals surface area (Å²) in [5, 5.41) is 0. The normalized spacial score (nSPS) is 10.1. The summed E-state index contributed by atoms with van der Waals surface area (Å²) in [5.74, 6) is 0. The Morgan fingerprint density at radius 3 is 1.53 bits per heavy atom.